The average molecular weight is 304 g/mol. The van der Waals surface area contributed by atoms with Crippen LogP contribution in [0.25, 0.3) is 0 Å². The molecule has 1 aliphatic rings. The molecule has 0 aromatic heterocycles. The molecule has 1 saturated heterocycles. The molecule has 1 aromatic rings. The topological polar surface area (TPSA) is 38.5 Å². The molecule has 1 aliphatic heterocycles. The first-order chi connectivity index (χ1) is 10.7. The minimum absolute atomic E-state index is 0.326. The fraction of sp³-hybridized carbons (Fsp3) is 0.684. The molecular weight excluding hydrogens is 272 g/mol. The number of nitrogens with two attached hydrogens (primary N) is 1. The van der Waals surface area contributed by atoms with Crippen LogP contribution in [-0.4, -0.2) is 31.1 Å². The number of likely N-dealkylation sites (tertiary alicyclic amines) is 1. The molecule has 124 valence electrons. The average Bonchev–Trinajstić information content (AvgIpc) is 2.55. The second kappa shape index (κ2) is 9.16. The molecule has 0 aliphatic carbocycles. The van der Waals surface area contributed by atoms with Crippen molar-refractivity contribution in [2.45, 2.75) is 52.0 Å². The largest absolute Gasteiger partial charge is 0.494 e. The maximum Gasteiger partial charge on any atom is 0.119 e. The third-order valence-electron chi connectivity index (χ3n) is 4.74. The Kier molecular flexibility index (Phi) is 7.20. The van der Waals surface area contributed by atoms with E-state index in [0.29, 0.717) is 12.6 Å². The zero-order valence-electron chi connectivity index (χ0n) is 14.3. The standard InChI is InChI=1S/C19H32N2O/c1-3-4-5-13-22-18-8-6-7-17(14-18)19(15-20)21-11-9-16(2)10-12-21/h6-8,14,16,19H,3-5,9-13,15,20H2,1-2H3. The molecule has 1 aromatic carbocycles. The Morgan fingerprint density at radius 2 is 2.05 bits per heavy atom. The van der Waals surface area contributed by atoms with Gasteiger partial charge in [-0.25, -0.2) is 0 Å². The lowest BCUT2D eigenvalue weighted by atomic mass is 9.96. The van der Waals surface area contributed by atoms with Crippen LogP contribution in [0.2, 0.25) is 0 Å². The van der Waals surface area contributed by atoms with Crippen LogP contribution in [0.5, 0.6) is 5.75 Å². The van der Waals surface area contributed by atoms with Crippen molar-refractivity contribution in [1.82, 2.24) is 4.90 Å². The molecule has 22 heavy (non-hydrogen) atoms. The number of hydrogen-bond donors (Lipinski definition) is 1. The van der Waals surface area contributed by atoms with Gasteiger partial charge in [0.05, 0.1) is 6.61 Å². The Hall–Kier alpha value is -1.06. The van der Waals surface area contributed by atoms with E-state index in [1.807, 2.05) is 0 Å². The van der Waals surface area contributed by atoms with Gasteiger partial charge in [-0.3, -0.25) is 4.90 Å². The molecule has 2 rings (SSSR count). The van der Waals surface area contributed by atoms with E-state index < -0.39 is 0 Å². The molecular formula is C19H32N2O. The van der Waals surface area contributed by atoms with Crippen molar-refractivity contribution in [3.05, 3.63) is 29.8 Å². The fourth-order valence-corrected chi connectivity index (χ4v) is 3.19. The monoisotopic (exact) mass is 304 g/mol. The van der Waals surface area contributed by atoms with Crippen LogP contribution < -0.4 is 10.5 Å². The van der Waals surface area contributed by atoms with E-state index >= 15 is 0 Å². The van der Waals surface area contributed by atoms with E-state index in [1.165, 1.54) is 31.2 Å². The van der Waals surface area contributed by atoms with Gasteiger partial charge in [-0.05, 0) is 56.0 Å². The van der Waals surface area contributed by atoms with Crippen molar-refractivity contribution in [3.63, 3.8) is 0 Å². The summed E-state index contributed by atoms with van der Waals surface area (Å²) in [4.78, 5) is 2.54. The van der Waals surface area contributed by atoms with Crippen molar-refractivity contribution in [1.29, 1.82) is 0 Å². The second-order valence-corrected chi connectivity index (χ2v) is 6.60. The van der Waals surface area contributed by atoms with E-state index in [4.69, 9.17) is 10.5 Å². The van der Waals surface area contributed by atoms with Crippen LogP contribution in [0.15, 0.2) is 24.3 Å². The SMILES string of the molecule is CCCCCOc1cccc(C(CN)N2CCC(C)CC2)c1. The van der Waals surface area contributed by atoms with Crippen molar-refractivity contribution in [2.75, 3.05) is 26.2 Å². The summed E-state index contributed by atoms with van der Waals surface area (Å²) in [7, 11) is 0. The van der Waals surface area contributed by atoms with Crippen molar-refractivity contribution >= 4 is 0 Å². The minimum Gasteiger partial charge on any atom is -0.494 e. The molecule has 0 spiro atoms. The number of ether oxygens (including phenoxy) is 1. The molecule has 0 amide bonds. The lowest BCUT2D eigenvalue weighted by Crippen LogP contribution is -2.39. The minimum atomic E-state index is 0.326. The van der Waals surface area contributed by atoms with Crippen LogP contribution in [0, 0.1) is 5.92 Å². The summed E-state index contributed by atoms with van der Waals surface area (Å²) >= 11 is 0. The molecule has 1 heterocycles. The lowest BCUT2D eigenvalue weighted by molar-refractivity contribution is 0.141. The van der Waals surface area contributed by atoms with Crippen LogP contribution in [-0.2, 0) is 0 Å². The summed E-state index contributed by atoms with van der Waals surface area (Å²) in [6.07, 6.45) is 6.15. The van der Waals surface area contributed by atoms with E-state index in [-0.39, 0.29) is 0 Å². The van der Waals surface area contributed by atoms with Crippen molar-refractivity contribution in [2.24, 2.45) is 11.7 Å². The highest BCUT2D eigenvalue weighted by Crippen LogP contribution is 2.28. The summed E-state index contributed by atoms with van der Waals surface area (Å²) in [6, 6.07) is 8.85. The third kappa shape index (κ3) is 4.99. The van der Waals surface area contributed by atoms with Gasteiger partial charge in [0.2, 0.25) is 0 Å². The number of nitrogens with zero attached hydrogens (tertiary/aromatic N) is 1. The number of benzene rings is 1. The number of unbranched alkanes of at least 4 members (excludes halogenated alkanes) is 2. The molecule has 2 N–H and O–H groups in total. The van der Waals surface area contributed by atoms with Crippen LogP contribution >= 0.6 is 0 Å². The number of rotatable bonds is 8. The highest BCUT2D eigenvalue weighted by molar-refractivity contribution is 5.31. The predicted molar refractivity (Wildman–Crippen MR) is 93.2 cm³/mol. The molecule has 1 unspecified atom stereocenters. The Labute approximate surface area is 135 Å². The molecule has 3 heteroatoms. The quantitative estimate of drug-likeness (QED) is 0.738. The Balaban J connectivity index is 1.96. The summed E-state index contributed by atoms with van der Waals surface area (Å²) in [5.74, 6) is 1.83. The zero-order chi connectivity index (χ0) is 15.8. The second-order valence-electron chi connectivity index (χ2n) is 6.60. The van der Waals surface area contributed by atoms with Crippen LogP contribution in [0.3, 0.4) is 0 Å². The Morgan fingerprint density at radius 3 is 2.73 bits per heavy atom. The van der Waals surface area contributed by atoms with Crippen molar-refractivity contribution in [3.8, 4) is 5.75 Å². The molecule has 0 bridgehead atoms. The van der Waals surface area contributed by atoms with Gasteiger partial charge in [0.1, 0.15) is 5.75 Å². The van der Waals surface area contributed by atoms with Gasteiger partial charge >= 0.3 is 0 Å². The fourth-order valence-electron chi connectivity index (χ4n) is 3.19. The highest BCUT2D eigenvalue weighted by atomic mass is 16.5. The molecule has 0 radical (unpaired) electrons. The maximum atomic E-state index is 6.08. The number of hydrogen-bond acceptors (Lipinski definition) is 3. The summed E-state index contributed by atoms with van der Waals surface area (Å²) < 4.78 is 5.89. The normalized spacial score (nSPS) is 18.3. The lowest BCUT2D eigenvalue weighted by Gasteiger charge is -2.36. The molecule has 0 saturated carbocycles. The van der Waals surface area contributed by atoms with Crippen molar-refractivity contribution < 1.29 is 4.74 Å². The van der Waals surface area contributed by atoms with E-state index in [9.17, 15) is 0 Å². The van der Waals surface area contributed by atoms with Gasteiger partial charge in [0.25, 0.3) is 0 Å². The maximum absolute atomic E-state index is 6.08. The van der Waals surface area contributed by atoms with Gasteiger partial charge in [-0.1, -0.05) is 38.8 Å². The van der Waals surface area contributed by atoms with Gasteiger partial charge in [0.15, 0.2) is 0 Å². The molecule has 1 atom stereocenters. The predicted octanol–water partition coefficient (Wildman–Crippen LogP) is 3.99. The summed E-state index contributed by atoms with van der Waals surface area (Å²) in [5.41, 5.74) is 7.37. The van der Waals surface area contributed by atoms with E-state index in [2.05, 4.69) is 43.0 Å². The first kappa shape index (κ1) is 17.3. The highest BCUT2D eigenvalue weighted by Gasteiger charge is 2.23. The van der Waals surface area contributed by atoms with Gasteiger partial charge in [0, 0.05) is 12.6 Å². The molecule has 3 nitrogen and oxygen atoms in total. The van der Waals surface area contributed by atoms with Gasteiger partial charge in [-0.2, -0.15) is 0 Å². The smallest absolute Gasteiger partial charge is 0.119 e. The first-order valence-electron chi connectivity index (χ1n) is 8.91. The Bertz CT molecular complexity index is 427. The summed E-state index contributed by atoms with van der Waals surface area (Å²) in [6.45, 7) is 8.36. The zero-order valence-corrected chi connectivity index (χ0v) is 14.3. The Morgan fingerprint density at radius 1 is 1.27 bits per heavy atom. The number of piperidine rings is 1. The van der Waals surface area contributed by atoms with Gasteiger partial charge < -0.3 is 10.5 Å². The summed E-state index contributed by atoms with van der Waals surface area (Å²) in [5, 5.41) is 0. The first-order valence-corrected chi connectivity index (χ1v) is 8.91. The van der Waals surface area contributed by atoms with Crippen LogP contribution in [0.4, 0.5) is 0 Å². The van der Waals surface area contributed by atoms with E-state index in [0.717, 1.165) is 37.8 Å². The molecule has 1 fully saturated rings. The van der Waals surface area contributed by atoms with Crippen LogP contribution in [0.1, 0.15) is 57.6 Å². The van der Waals surface area contributed by atoms with Gasteiger partial charge in [-0.15, -0.1) is 0 Å². The third-order valence-corrected chi connectivity index (χ3v) is 4.74. The van der Waals surface area contributed by atoms with E-state index in [1.54, 1.807) is 0 Å².